The molecule has 0 radical (unpaired) electrons. The number of fused-ring (bicyclic) bond motifs is 1. The molecule has 0 aliphatic rings. The van der Waals surface area contributed by atoms with Crippen LogP contribution in [0.1, 0.15) is 15.9 Å². The number of nitrogens with zero attached hydrogens (tertiary/aromatic N) is 7. The number of amides is 1. The number of hydrogen-bond donors (Lipinski definition) is 1. The van der Waals surface area contributed by atoms with E-state index in [1.54, 1.807) is 35.2 Å². The molecule has 0 spiro atoms. The molecule has 1 amide bonds. The van der Waals surface area contributed by atoms with Crippen LogP contribution in [0.4, 0.5) is 0 Å². The molecule has 10 heteroatoms. The average Bonchev–Trinajstić information content (AvgIpc) is 3.69. The Balaban J connectivity index is 1.27. The highest BCUT2D eigenvalue weighted by molar-refractivity contribution is 5.96. The second kappa shape index (κ2) is 9.11. The molecule has 1 N–H and O–H groups in total. The number of furan rings is 1. The molecule has 6 rings (SSSR count). The third-order valence-electron chi connectivity index (χ3n) is 5.53. The minimum absolute atomic E-state index is 0.352. The summed E-state index contributed by atoms with van der Waals surface area (Å²) in [6.45, 7) is 0. The molecule has 36 heavy (non-hydrogen) atoms. The highest BCUT2D eigenvalue weighted by atomic mass is 16.3. The maximum Gasteiger partial charge on any atom is 0.271 e. The van der Waals surface area contributed by atoms with Gasteiger partial charge < -0.3 is 4.42 Å². The number of benzene rings is 3. The minimum Gasteiger partial charge on any atom is -0.454 e. The molecule has 10 nitrogen and oxygen atoms in total. The Morgan fingerprint density at radius 2 is 1.69 bits per heavy atom. The van der Waals surface area contributed by atoms with Crippen LogP contribution in [0.15, 0.2) is 107 Å². The molecular weight excluding hydrogens is 456 g/mol. The van der Waals surface area contributed by atoms with Gasteiger partial charge in [0.25, 0.3) is 5.91 Å². The van der Waals surface area contributed by atoms with Crippen molar-refractivity contribution >= 4 is 23.1 Å². The van der Waals surface area contributed by atoms with Gasteiger partial charge in [-0.2, -0.15) is 10.2 Å². The number of tetrazole rings is 1. The lowest BCUT2D eigenvalue weighted by Crippen LogP contribution is -2.17. The number of rotatable bonds is 6. The summed E-state index contributed by atoms with van der Waals surface area (Å²) in [6.07, 6.45) is 4.88. The Bertz CT molecular complexity index is 1630. The fourth-order valence-corrected chi connectivity index (χ4v) is 3.75. The number of hydrazone groups is 1. The van der Waals surface area contributed by atoms with Crippen molar-refractivity contribution in [2.24, 2.45) is 5.10 Å². The smallest absolute Gasteiger partial charge is 0.271 e. The van der Waals surface area contributed by atoms with Crippen LogP contribution in [0, 0.1) is 0 Å². The summed E-state index contributed by atoms with van der Waals surface area (Å²) in [5, 5.41) is 20.9. The van der Waals surface area contributed by atoms with E-state index in [-0.39, 0.29) is 5.91 Å². The number of nitrogens with one attached hydrogen (secondary N) is 1. The Morgan fingerprint density at radius 1 is 0.917 bits per heavy atom. The highest BCUT2D eigenvalue weighted by Crippen LogP contribution is 2.29. The van der Waals surface area contributed by atoms with Crippen LogP contribution in [-0.2, 0) is 0 Å². The van der Waals surface area contributed by atoms with Gasteiger partial charge in [-0.3, -0.25) is 4.79 Å². The molecule has 0 atom stereocenters. The van der Waals surface area contributed by atoms with Crippen LogP contribution in [0.2, 0.25) is 0 Å². The molecule has 0 unspecified atom stereocenters. The average molecular weight is 474 g/mol. The van der Waals surface area contributed by atoms with Crippen LogP contribution in [0.25, 0.3) is 33.8 Å². The summed E-state index contributed by atoms with van der Waals surface area (Å²) >= 11 is 0. The first-order valence-corrected chi connectivity index (χ1v) is 11.1. The quantitative estimate of drug-likeness (QED) is 0.288. The van der Waals surface area contributed by atoms with Gasteiger partial charge in [-0.1, -0.05) is 36.4 Å². The fourth-order valence-electron chi connectivity index (χ4n) is 3.75. The Kier molecular flexibility index (Phi) is 5.36. The Hall–Kier alpha value is -5.38. The molecule has 0 aliphatic carbocycles. The standard InChI is InChI=1S/C26H18N8O2/c35-26(18-10-12-22(13-11-18)34-17-28-31-32-34)29-27-15-20-16-33(21-7-2-1-3-8-21)30-25(20)24-14-19-6-4-5-9-23(19)36-24/h1-17H,(H,29,35)/b27-15+. The van der Waals surface area contributed by atoms with Gasteiger partial charge in [-0.05, 0) is 59.0 Å². The van der Waals surface area contributed by atoms with Crippen LogP contribution < -0.4 is 5.43 Å². The molecule has 6 aromatic rings. The van der Waals surface area contributed by atoms with Gasteiger partial charge in [-0.25, -0.2) is 14.8 Å². The van der Waals surface area contributed by atoms with E-state index < -0.39 is 0 Å². The summed E-state index contributed by atoms with van der Waals surface area (Å²) in [6, 6.07) is 26.3. The molecule has 0 saturated heterocycles. The normalized spacial score (nSPS) is 11.3. The number of carbonyl (C=O) groups excluding carboxylic acids is 1. The van der Waals surface area contributed by atoms with E-state index in [9.17, 15) is 4.79 Å². The van der Waals surface area contributed by atoms with Crippen molar-refractivity contribution in [3.05, 3.63) is 109 Å². The van der Waals surface area contributed by atoms with E-state index in [4.69, 9.17) is 9.52 Å². The minimum atomic E-state index is -0.352. The lowest BCUT2D eigenvalue weighted by molar-refractivity contribution is 0.0955. The summed E-state index contributed by atoms with van der Waals surface area (Å²) < 4.78 is 9.30. The Labute approximate surface area is 204 Å². The molecule has 3 aromatic heterocycles. The summed E-state index contributed by atoms with van der Waals surface area (Å²) in [7, 11) is 0. The lowest BCUT2D eigenvalue weighted by atomic mass is 10.2. The van der Waals surface area contributed by atoms with E-state index in [1.165, 1.54) is 11.0 Å². The zero-order valence-electron chi connectivity index (χ0n) is 18.8. The maximum absolute atomic E-state index is 12.6. The van der Waals surface area contributed by atoms with Gasteiger partial charge in [0.1, 0.15) is 17.6 Å². The zero-order valence-corrected chi connectivity index (χ0v) is 18.8. The number of para-hydroxylation sites is 2. The molecule has 3 aromatic carbocycles. The lowest BCUT2D eigenvalue weighted by Gasteiger charge is -2.02. The molecule has 0 saturated carbocycles. The topological polar surface area (TPSA) is 116 Å². The molecular formula is C26H18N8O2. The first kappa shape index (κ1) is 21.2. The molecule has 0 bridgehead atoms. The largest absolute Gasteiger partial charge is 0.454 e. The summed E-state index contributed by atoms with van der Waals surface area (Å²) in [4.78, 5) is 12.6. The van der Waals surface area contributed by atoms with E-state index in [1.807, 2.05) is 66.9 Å². The Morgan fingerprint density at radius 3 is 2.47 bits per heavy atom. The van der Waals surface area contributed by atoms with Gasteiger partial charge in [-0.15, -0.1) is 5.10 Å². The van der Waals surface area contributed by atoms with E-state index in [0.717, 1.165) is 22.3 Å². The monoisotopic (exact) mass is 474 g/mol. The van der Waals surface area contributed by atoms with E-state index in [0.29, 0.717) is 22.6 Å². The highest BCUT2D eigenvalue weighted by Gasteiger charge is 2.16. The SMILES string of the molecule is O=C(N/N=C/c1cn(-c2ccccc2)nc1-c1cc2ccccc2o1)c1ccc(-n2cnnn2)cc1. The molecule has 0 fully saturated rings. The van der Waals surface area contributed by atoms with Crippen molar-refractivity contribution in [1.82, 2.24) is 35.4 Å². The van der Waals surface area contributed by atoms with E-state index in [2.05, 4.69) is 26.1 Å². The third kappa shape index (κ3) is 4.14. The molecule has 3 heterocycles. The number of hydrogen-bond acceptors (Lipinski definition) is 7. The predicted octanol–water partition coefficient (Wildman–Crippen LogP) is 4.03. The van der Waals surface area contributed by atoms with Crippen LogP contribution in [0.5, 0.6) is 0 Å². The molecule has 174 valence electrons. The second-order valence-corrected chi connectivity index (χ2v) is 7.86. The van der Waals surface area contributed by atoms with Crippen LogP contribution in [-0.4, -0.2) is 42.1 Å². The van der Waals surface area contributed by atoms with Gasteiger partial charge in [0.2, 0.25) is 0 Å². The predicted molar refractivity (Wildman–Crippen MR) is 133 cm³/mol. The van der Waals surface area contributed by atoms with Crippen molar-refractivity contribution in [1.29, 1.82) is 0 Å². The first-order chi connectivity index (χ1) is 17.7. The van der Waals surface area contributed by atoms with Crippen molar-refractivity contribution in [3.8, 4) is 22.8 Å². The zero-order chi connectivity index (χ0) is 24.3. The number of aromatic nitrogens is 6. The summed E-state index contributed by atoms with van der Waals surface area (Å²) in [5.74, 6) is 0.257. The third-order valence-corrected chi connectivity index (χ3v) is 5.53. The van der Waals surface area contributed by atoms with Crippen molar-refractivity contribution < 1.29 is 9.21 Å². The number of carbonyl (C=O) groups is 1. The summed E-state index contributed by atoms with van der Waals surface area (Å²) in [5.41, 5.74) is 6.71. The first-order valence-electron chi connectivity index (χ1n) is 11.1. The van der Waals surface area contributed by atoms with Crippen molar-refractivity contribution in [3.63, 3.8) is 0 Å². The van der Waals surface area contributed by atoms with Crippen molar-refractivity contribution in [2.75, 3.05) is 0 Å². The van der Waals surface area contributed by atoms with Crippen molar-refractivity contribution in [2.45, 2.75) is 0 Å². The fraction of sp³-hybridized carbons (Fsp3) is 0. The molecule has 0 aliphatic heterocycles. The van der Waals surface area contributed by atoms with Gasteiger partial charge >= 0.3 is 0 Å². The van der Waals surface area contributed by atoms with Gasteiger partial charge in [0, 0.05) is 22.7 Å². The van der Waals surface area contributed by atoms with Crippen LogP contribution in [0.3, 0.4) is 0 Å². The van der Waals surface area contributed by atoms with Gasteiger partial charge in [0.15, 0.2) is 5.76 Å². The van der Waals surface area contributed by atoms with Crippen LogP contribution >= 0.6 is 0 Å². The van der Waals surface area contributed by atoms with E-state index >= 15 is 0 Å². The maximum atomic E-state index is 12.6. The second-order valence-electron chi connectivity index (χ2n) is 7.86. The van der Waals surface area contributed by atoms with Gasteiger partial charge in [0.05, 0.1) is 17.6 Å².